The first-order valence-electron chi connectivity index (χ1n) is 13.7. The molecule has 1 atom stereocenters. The van der Waals surface area contributed by atoms with Crippen LogP contribution in [-0.4, -0.2) is 50.4 Å². The molecule has 0 radical (unpaired) electrons. The highest BCUT2D eigenvalue weighted by Gasteiger charge is 2.34. The van der Waals surface area contributed by atoms with Crippen LogP contribution in [0.3, 0.4) is 0 Å². The molecule has 2 aliphatic rings. The number of halogens is 1. The Morgan fingerprint density at radius 3 is 2.61 bits per heavy atom. The topological polar surface area (TPSA) is 58.4 Å². The molecule has 0 aliphatic carbocycles. The third kappa shape index (κ3) is 4.61. The summed E-state index contributed by atoms with van der Waals surface area (Å²) >= 11 is 9.59. The summed E-state index contributed by atoms with van der Waals surface area (Å²) in [6, 6.07) is 14.6. The third-order valence-electron chi connectivity index (χ3n) is 8.01. The van der Waals surface area contributed by atoms with Crippen LogP contribution in [0.2, 0.25) is 0 Å². The number of benzene rings is 2. The van der Waals surface area contributed by atoms with Crippen molar-refractivity contribution in [3.63, 3.8) is 0 Å². The van der Waals surface area contributed by atoms with Gasteiger partial charge in [0.1, 0.15) is 11.8 Å². The van der Waals surface area contributed by atoms with Crippen LogP contribution in [0.25, 0.3) is 10.9 Å². The molecule has 0 amide bonds. The lowest BCUT2D eigenvalue weighted by molar-refractivity contribution is 0.205. The van der Waals surface area contributed by atoms with E-state index >= 15 is 0 Å². The van der Waals surface area contributed by atoms with E-state index in [0.29, 0.717) is 11.2 Å². The maximum Gasteiger partial charge on any atom is 0.214 e. The molecule has 0 bridgehead atoms. The molecule has 6 nitrogen and oxygen atoms in total. The fourth-order valence-electron chi connectivity index (χ4n) is 6.15. The fourth-order valence-corrected chi connectivity index (χ4v) is 7.02. The first-order valence-corrected chi connectivity index (χ1v) is 14.9. The van der Waals surface area contributed by atoms with Gasteiger partial charge in [-0.15, -0.1) is 0 Å². The number of ether oxygens (including phenoxy) is 1. The van der Waals surface area contributed by atoms with E-state index in [-0.39, 0.29) is 18.0 Å². The molecule has 0 saturated carbocycles. The van der Waals surface area contributed by atoms with Gasteiger partial charge in [-0.2, -0.15) is 0 Å². The Morgan fingerprint density at radius 1 is 1.11 bits per heavy atom. The van der Waals surface area contributed by atoms with Crippen molar-refractivity contribution < 1.29 is 9.84 Å². The molecule has 2 aromatic heterocycles. The fraction of sp³-hybridized carbons (Fsp3) is 0.433. The van der Waals surface area contributed by atoms with Crippen LogP contribution < -0.4 is 4.74 Å². The molecule has 1 fully saturated rings. The second-order valence-electron chi connectivity index (χ2n) is 10.8. The minimum atomic E-state index is -0.161. The summed E-state index contributed by atoms with van der Waals surface area (Å²) < 4.78 is 11.8. The van der Waals surface area contributed by atoms with Gasteiger partial charge in [-0.3, -0.25) is 4.57 Å². The summed E-state index contributed by atoms with van der Waals surface area (Å²) in [5, 5.41) is 12.4. The second-order valence-corrected chi connectivity index (χ2v) is 12.1. The number of aromatic hydroxyl groups is 1. The number of piperidine rings is 1. The zero-order valence-electron chi connectivity index (χ0n) is 22.0. The normalized spacial score (nSPS) is 17.6. The zero-order chi connectivity index (χ0) is 26.4. The quantitative estimate of drug-likeness (QED) is 0.153. The van der Waals surface area contributed by atoms with Gasteiger partial charge in [0.25, 0.3) is 0 Å². The first-order chi connectivity index (χ1) is 18.4. The molecular weight excluding hydrogens is 560 g/mol. The second kappa shape index (κ2) is 10.5. The molecule has 2 aliphatic heterocycles. The van der Waals surface area contributed by atoms with E-state index in [0.717, 1.165) is 52.3 Å². The number of likely N-dealkylation sites (tertiary alicyclic amines) is 1. The number of hydrogen-bond acceptors (Lipinski definition) is 4. The van der Waals surface area contributed by atoms with Gasteiger partial charge in [-0.25, -0.2) is 0 Å². The molecule has 200 valence electrons. The van der Waals surface area contributed by atoms with E-state index in [1.165, 1.54) is 43.3 Å². The lowest BCUT2D eigenvalue weighted by Crippen LogP contribution is -2.31. The van der Waals surface area contributed by atoms with Crippen LogP contribution in [0, 0.1) is 4.77 Å². The van der Waals surface area contributed by atoms with Crippen LogP contribution in [0.4, 0.5) is 0 Å². The van der Waals surface area contributed by atoms with Crippen LogP contribution >= 0.6 is 28.1 Å². The lowest BCUT2D eigenvalue weighted by atomic mass is 9.93. The van der Waals surface area contributed by atoms with E-state index in [9.17, 15) is 5.11 Å². The molecule has 1 saturated heterocycles. The Labute approximate surface area is 237 Å². The molecule has 1 unspecified atom stereocenters. The predicted octanol–water partition coefficient (Wildman–Crippen LogP) is 7.35. The minimum Gasteiger partial charge on any atom is -0.494 e. The van der Waals surface area contributed by atoms with Crippen molar-refractivity contribution >= 4 is 39.1 Å². The summed E-state index contributed by atoms with van der Waals surface area (Å²) in [7, 11) is 0. The Hall–Kier alpha value is -2.55. The van der Waals surface area contributed by atoms with Crippen LogP contribution in [-0.2, 0) is 6.42 Å². The van der Waals surface area contributed by atoms with Crippen LogP contribution in [0.5, 0.6) is 11.6 Å². The number of nitrogens with zero attached hydrogens (tertiary/aromatic N) is 3. The highest BCUT2D eigenvalue weighted by Crippen LogP contribution is 2.44. The summed E-state index contributed by atoms with van der Waals surface area (Å²) in [6.07, 6.45) is 5.67. The smallest absolute Gasteiger partial charge is 0.214 e. The molecule has 0 spiro atoms. The number of H-pyrrole nitrogens is 1. The Bertz CT molecular complexity index is 1510. The van der Waals surface area contributed by atoms with Crippen LogP contribution in [0.15, 0.2) is 46.9 Å². The summed E-state index contributed by atoms with van der Waals surface area (Å²) in [5.41, 5.74) is 5.38. The maximum absolute atomic E-state index is 11.3. The van der Waals surface area contributed by atoms with Gasteiger partial charge in [0.15, 0.2) is 4.77 Å². The first kappa shape index (κ1) is 25.7. The van der Waals surface area contributed by atoms with Crippen molar-refractivity contribution in [2.45, 2.75) is 58.0 Å². The predicted molar refractivity (Wildman–Crippen MR) is 158 cm³/mol. The van der Waals surface area contributed by atoms with Crippen LogP contribution in [0.1, 0.15) is 74.1 Å². The van der Waals surface area contributed by atoms with E-state index < -0.39 is 0 Å². The highest BCUT2D eigenvalue weighted by atomic mass is 79.9. The van der Waals surface area contributed by atoms with E-state index in [1.807, 2.05) is 4.57 Å². The van der Waals surface area contributed by atoms with Crippen molar-refractivity contribution in [2.24, 2.45) is 0 Å². The van der Waals surface area contributed by atoms with Gasteiger partial charge >= 0.3 is 0 Å². The highest BCUT2D eigenvalue weighted by molar-refractivity contribution is 9.10. The Morgan fingerprint density at radius 2 is 1.87 bits per heavy atom. The van der Waals surface area contributed by atoms with Crippen molar-refractivity contribution in [3.05, 3.63) is 74.2 Å². The van der Waals surface area contributed by atoms with Crippen molar-refractivity contribution in [1.82, 2.24) is 19.0 Å². The monoisotopic (exact) mass is 594 g/mol. The molecule has 2 aromatic carbocycles. The van der Waals surface area contributed by atoms with Gasteiger partial charge < -0.3 is 24.3 Å². The molecule has 6 rings (SSSR count). The van der Waals surface area contributed by atoms with E-state index in [4.69, 9.17) is 17.0 Å². The van der Waals surface area contributed by atoms with Gasteiger partial charge in [-0.05, 0) is 99.9 Å². The Kier molecular flexibility index (Phi) is 7.14. The SMILES string of the molecule is CC(C)n1c(O)c2n(c1=S)C(c1ccc(OCCCN3CCCCC3)cc1)c1[nH]c3ccc(Br)cc3c1C2. The van der Waals surface area contributed by atoms with Crippen molar-refractivity contribution in [1.29, 1.82) is 0 Å². The molecule has 2 N–H and O–H groups in total. The van der Waals surface area contributed by atoms with Crippen molar-refractivity contribution in [2.75, 3.05) is 26.2 Å². The van der Waals surface area contributed by atoms with Gasteiger partial charge in [0, 0.05) is 40.1 Å². The van der Waals surface area contributed by atoms with E-state index in [2.05, 4.69) is 86.7 Å². The number of imidazole rings is 1. The molecule has 8 heteroatoms. The Balaban J connectivity index is 1.32. The summed E-state index contributed by atoms with van der Waals surface area (Å²) in [6.45, 7) is 8.39. The summed E-state index contributed by atoms with van der Waals surface area (Å²) in [5.74, 6) is 1.15. The number of aromatic nitrogens is 3. The molecule has 4 heterocycles. The van der Waals surface area contributed by atoms with E-state index in [1.54, 1.807) is 0 Å². The molecular formula is C30H35BrN4O2S. The lowest BCUT2D eigenvalue weighted by Gasteiger charge is -2.27. The average molecular weight is 596 g/mol. The number of nitrogens with one attached hydrogen (secondary N) is 1. The van der Waals surface area contributed by atoms with Gasteiger partial charge in [-0.1, -0.05) is 34.5 Å². The zero-order valence-corrected chi connectivity index (χ0v) is 24.4. The van der Waals surface area contributed by atoms with Crippen molar-refractivity contribution in [3.8, 4) is 11.6 Å². The third-order valence-corrected chi connectivity index (χ3v) is 8.90. The summed E-state index contributed by atoms with van der Waals surface area (Å²) in [4.78, 5) is 6.24. The largest absolute Gasteiger partial charge is 0.494 e. The number of fused-ring (bicyclic) bond motifs is 4. The van der Waals surface area contributed by atoms with Gasteiger partial charge in [0.2, 0.25) is 5.88 Å². The molecule has 4 aromatic rings. The number of rotatable bonds is 7. The number of hydrogen-bond donors (Lipinski definition) is 2. The standard InChI is InChI=1S/C30H35BrN4O2S/c1-19(2)34-29(36)26-18-24-23-17-21(31)9-12-25(23)32-27(24)28(35(26)30(34)38)20-7-10-22(11-8-20)37-16-6-15-33-13-4-3-5-14-33/h7-12,17,19,28,32,36H,3-6,13-16,18H2,1-2H3. The number of aromatic amines is 1. The molecule has 38 heavy (non-hydrogen) atoms. The average Bonchev–Trinajstić information content (AvgIpc) is 3.40. The van der Waals surface area contributed by atoms with Gasteiger partial charge in [0.05, 0.1) is 12.3 Å². The maximum atomic E-state index is 11.3. The minimum absolute atomic E-state index is 0.0613.